The molecule has 1 atom stereocenters. The van der Waals surface area contributed by atoms with Crippen molar-refractivity contribution in [3.05, 3.63) is 58.6 Å². The number of aromatic nitrogens is 3. The molecule has 0 bridgehead atoms. The van der Waals surface area contributed by atoms with E-state index in [0.29, 0.717) is 12.2 Å². The van der Waals surface area contributed by atoms with Crippen molar-refractivity contribution in [3.63, 3.8) is 0 Å². The summed E-state index contributed by atoms with van der Waals surface area (Å²) in [7, 11) is 1.67. The van der Waals surface area contributed by atoms with Gasteiger partial charge in [0.05, 0.1) is 18.3 Å². The largest absolute Gasteiger partial charge is 0.497 e. The second-order valence-electron chi connectivity index (χ2n) is 9.43. The van der Waals surface area contributed by atoms with Crippen LogP contribution in [0.15, 0.2) is 42.5 Å². The molecule has 0 spiro atoms. The van der Waals surface area contributed by atoms with Crippen LogP contribution in [0.1, 0.15) is 47.6 Å². The fourth-order valence-corrected chi connectivity index (χ4v) is 5.65. The maximum absolute atomic E-state index is 13.6. The van der Waals surface area contributed by atoms with Crippen molar-refractivity contribution in [1.29, 1.82) is 0 Å². The Morgan fingerprint density at radius 1 is 1.23 bits per heavy atom. The quantitative estimate of drug-likeness (QED) is 0.426. The van der Waals surface area contributed by atoms with E-state index in [4.69, 9.17) is 14.8 Å². The van der Waals surface area contributed by atoms with E-state index in [-0.39, 0.29) is 17.9 Å². The summed E-state index contributed by atoms with van der Waals surface area (Å²) in [5.74, 6) is 1.06. The Morgan fingerprint density at radius 2 is 2.06 bits per heavy atom. The molecule has 2 aromatic heterocycles. The van der Waals surface area contributed by atoms with E-state index in [2.05, 4.69) is 44.3 Å². The number of amides is 1. The lowest BCUT2D eigenvalue weighted by Crippen LogP contribution is -2.52. The van der Waals surface area contributed by atoms with Gasteiger partial charge in [0.15, 0.2) is 5.69 Å². The molecule has 1 N–H and O–H groups in total. The molecule has 0 saturated carbocycles. The summed E-state index contributed by atoms with van der Waals surface area (Å²) < 4.78 is 7.29. The molecule has 1 saturated heterocycles. The molecule has 3 heterocycles. The van der Waals surface area contributed by atoms with Crippen molar-refractivity contribution < 1.29 is 9.53 Å². The van der Waals surface area contributed by atoms with Crippen molar-refractivity contribution in [2.75, 3.05) is 26.7 Å². The van der Waals surface area contributed by atoms with Gasteiger partial charge in [0.25, 0.3) is 5.91 Å². The normalized spacial score (nSPS) is 16.3. The summed E-state index contributed by atoms with van der Waals surface area (Å²) in [5.41, 5.74) is 4.41. The number of hydrogen-bond donors (Lipinski definition) is 1. The van der Waals surface area contributed by atoms with E-state index in [9.17, 15) is 4.79 Å². The van der Waals surface area contributed by atoms with Crippen LogP contribution < -0.4 is 10.1 Å². The third kappa shape index (κ3) is 4.32. The Labute approximate surface area is 209 Å². The SMILES string of the molecule is COc1cccc(-c2nc(-n3nc(C(=O)N4CCNCC4C)c4cc(C)ccc43)sc2C(C)C)c1. The monoisotopic (exact) mass is 489 g/mol. The molecule has 1 aliphatic rings. The number of piperazine rings is 1. The van der Waals surface area contributed by atoms with Crippen molar-refractivity contribution in [2.45, 2.75) is 39.7 Å². The van der Waals surface area contributed by atoms with Crippen molar-refractivity contribution in [1.82, 2.24) is 25.0 Å². The number of benzene rings is 2. The van der Waals surface area contributed by atoms with E-state index >= 15 is 0 Å². The number of hydrogen-bond acceptors (Lipinski definition) is 6. The third-order valence-electron chi connectivity index (χ3n) is 6.49. The minimum absolute atomic E-state index is 0.0259. The van der Waals surface area contributed by atoms with Crippen LogP contribution in [-0.2, 0) is 0 Å². The van der Waals surface area contributed by atoms with Gasteiger partial charge in [0.1, 0.15) is 5.75 Å². The van der Waals surface area contributed by atoms with Crippen LogP contribution in [0.4, 0.5) is 0 Å². The Bertz CT molecular complexity index is 1390. The minimum atomic E-state index is -0.0259. The van der Waals surface area contributed by atoms with E-state index < -0.39 is 0 Å². The van der Waals surface area contributed by atoms with Gasteiger partial charge in [-0.2, -0.15) is 5.10 Å². The van der Waals surface area contributed by atoms with Crippen LogP contribution in [0.2, 0.25) is 0 Å². The van der Waals surface area contributed by atoms with E-state index in [1.165, 1.54) is 4.88 Å². The highest BCUT2D eigenvalue weighted by molar-refractivity contribution is 7.14. The van der Waals surface area contributed by atoms with Crippen LogP contribution >= 0.6 is 11.3 Å². The molecule has 0 radical (unpaired) electrons. The molecule has 1 fully saturated rings. The van der Waals surface area contributed by atoms with Crippen LogP contribution in [-0.4, -0.2) is 58.4 Å². The lowest BCUT2D eigenvalue weighted by Gasteiger charge is -2.33. The van der Waals surface area contributed by atoms with Crippen molar-refractivity contribution >= 4 is 28.1 Å². The molecular formula is C27H31N5O2S. The van der Waals surface area contributed by atoms with E-state index in [1.54, 1.807) is 18.4 Å². The molecule has 1 unspecified atom stereocenters. The van der Waals surface area contributed by atoms with Gasteiger partial charge in [0.2, 0.25) is 5.13 Å². The fourth-order valence-electron chi connectivity index (χ4n) is 4.59. The summed E-state index contributed by atoms with van der Waals surface area (Å²) in [6.45, 7) is 10.7. The summed E-state index contributed by atoms with van der Waals surface area (Å²) in [6.07, 6.45) is 0. The van der Waals surface area contributed by atoms with Gasteiger partial charge >= 0.3 is 0 Å². The first-order valence-corrected chi connectivity index (χ1v) is 12.9. The number of nitrogens with zero attached hydrogens (tertiary/aromatic N) is 4. The molecule has 0 aliphatic carbocycles. The van der Waals surface area contributed by atoms with Crippen molar-refractivity contribution in [2.24, 2.45) is 0 Å². The van der Waals surface area contributed by atoms with E-state index in [1.807, 2.05) is 40.8 Å². The molecule has 35 heavy (non-hydrogen) atoms. The summed E-state index contributed by atoms with van der Waals surface area (Å²) in [4.78, 5) is 21.8. The summed E-state index contributed by atoms with van der Waals surface area (Å²) >= 11 is 1.62. The maximum atomic E-state index is 13.6. The first-order chi connectivity index (χ1) is 16.9. The average molecular weight is 490 g/mol. The summed E-state index contributed by atoms with van der Waals surface area (Å²) in [5, 5.41) is 9.86. The van der Waals surface area contributed by atoms with Gasteiger partial charge in [-0.05, 0) is 44.0 Å². The van der Waals surface area contributed by atoms with Crippen molar-refractivity contribution in [3.8, 4) is 22.1 Å². The van der Waals surface area contributed by atoms with Crippen LogP contribution in [0.5, 0.6) is 5.75 Å². The number of aryl methyl sites for hydroxylation is 1. The number of ether oxygens (including phenoxy) is 1. The van der Waals surface area contributed by atoms with Gasteiger partial charge in [-0.3, -0.25) is 4.79 Å². The number of methoxy groups -OCH3 is 1. The highest BCUT2D eigenvalue weighted by Gasteiger charge is 2.29. The van der Waals surface area contributed by atoms with Crippen LogP contribution in [0.3, 0.4) is 0 Å². The van der Waals surface area contributed by atoms with Gasteiger partial charge in [-0.1, -0.05) is 48.9 Å². The lowest BCUT2D eigenvalue weighted by atomic mass is 10.1. The van der Waals surface area contributed by atoms with Gasteiger partial charge < -0.3 is 15.0 Å². The lowest BCUT2D eigenvalue weighted by molar-refractivity contribution is 0.0651. The highest BCUT2D eigenvalue weighted by atomic mass is 32.1. The van der Waals surface area contributed by atoms with Gasteiger partial charge in [0, 0.05) is 41.5 Å². The minimum Gasteiger partial charge on any atom is -0.497 e. The molecule has 182 valence electrons. The van der Waals surface area contributed by atoms with E-state index in [0.717, 1.165) is 51.7 Å². The van der Waals surface area contributed by atoms with Gasteiger partial charge in [-0.15, -0.1) is 0 Å². The maximum Gasteiger partial charge on any atom is 0.275 e. The Kier molecular flexibility index (Phi) is 6.34. The first kappa shape index (κ1) is 23.5. The van der Waals surface area contributed by atoms with Crippen LogP contribution in [0, 0.1) is 6.92 Å². The second kappa shape index (κ2) is 9.43. The second-order valence-corrected chi connectivity index (χ2v) is 10.4. The molecule has 1 aliphatic heterocycles. The molecule has 1 amide bonds. The number of fused-ring (bicyclic) bond motifs is 1. The number of carbonyl (C=O) groups excluding carboxylic acids is 1. The molecule has 7 nitrogen and oxygen atoms in total. The Morgan fingerprint density at radius 3 is 2.80 bits per heavy atom. The average Bonchev–Trinajstić information content (AvgIpc) is 3.46. The Balaban J connectivity index is 1.65. The zero-order valence-corrected chi connectivity index (χ0v) is 21.6. The Hall–Kier alpha value is -3.23. The molecular weight excluding hydrogens is 458 g/mol. The number of carbonyl (C=O) groups is 1. The smallest absolute Gasteiger partial charge is 0.275 e. The topological polar surface area (TPSA) is 72.3 Å². The zero-order valence-electron chi connectivity index (χ0n) is 20.8. The molecule has 5 rings (SSSR count). The molecule has 4 aromatic rings. The first-order valence-electron chi connectivity index (χ1n) is 12.0. The molecule has 2 aromatic carbocycles. The third-order valence-corrected chi connectivity index (χ3v) is 7.82. The van der Waals surface area contributed by atoms with Crippen LogP contribution in [0.25, 0.3) is 27.3 Å². The number of thiazole rings is 1. The fraction of sp³-hybridized carbons (Fsp3) is 0.370. The standard InChI is InChI=1S/C27H31N5O2S/c1-16(2)25-23(19-7-6-8-20(14-19)34-5)29-27(35-25)32-22-10-9-17(3)13-21(22)24(30-32)26(33)31-12-11-28-15-18(31)4/h6-10,13-14,16,18,28H,11-12,15H2,1-5H3. The predicted molar refractivity (Wildman–Crippen MR) is 141 cm³/mol. The highest BCUT2D eigenvalue weighted by Crippen LogP contribution is 2.37. The summed E-state index contributed by atoms with van der Waals surface area (Å²) in [6, 6.07) is 14.2. The predicted octanol–water partition coefficient (Wildman–Crippen LogP) is 5.02. The van der Waals surface area contributed by atoms with Gasteiger partial charge in [-0.25, -0.2) is 9.67 Å². The zero-order chi connectivity index (χ0) is 24.7. The number of rotatable bonds is 5. The molecule has 8 heteroatoms. The number of nitrogens with one attached hydrogen (secondary N) is 1.